The summed E-state index contributed by atoms with van der Waals surface area (Å²) in [5, 5.41) is 6.57. The van der Waals surface area contributed by atoms with Crippen molar-refractivity contribution in [1.29, 1.82) is 0 Å². The lowest BCUT2D eigenvalue weighted by molar-refractivity contribution is 0.227. The summed E-state index contributed by atoms with van der Waals surface area (Å²) in [6.07, 6.45) is 7.33. The van der Waals surface area contributed by atoms with Gasteiger partial charge in [-0.15, -0.1) is 0 Å². The largest absolute Gasteiger partial charge is 0.412 e. The van der Waals surface area contributed by atoms with E-state index in [0.717, 1.165) is 43.4 Å². The van der Waals surface area contributed by atoms with Gasteiger partial charge in [0.2, 0.25) is 0 Å². The number of pyridine rings is 1. The van der Waals surface area contributed by atoms with Crippen molar-refractivity contribution in [1.82, 2.24) is 20.3 Å². The van der Waals surface area contributed by atoms with Crippen molar-refractivity contribution >= 4 is 28.6 Å². The predicted octanol–water partition coefficient (Wildman–Crippen LogP) is 2.72. The Morgan fingerprint density at radius 2 is 1.90 bits per heavy atom. The molecule has 1 atom stereocenters. The second kappa shape index (κ2) is 12.6. The molecule has 1 heterocycles. The molecule has 164 valence electrons. The Labute approximate surface area is 184 Å². The zero-order chi connectivity index (χ0) is 20.5. The Kier molecular flexibility index (Phi) is 10.2. The summed E-state index contributed by atoms with van der Waals surface area (Å²) in [5.74, 6) is 0.884. The maximum Gasteiger partial charge on any atom is 0.315 e. The number of rotatable bonds is 8. The summed E-state index contributed by atoms with van der Waals surface area (Å²) >= 11 is 6.13. The third-order valence-corrected chi connectivity index (χ3v) is 6.57. The molecule has 1 fully saturated rings. The number of amides is 2. The van der Waals surface area contributed by atoms with E-state index in [1.54, 1.807) is 12.4 Å². The van der Waals surface area contributed by atoms with Gasteiger partial charge in [0, 0.05) is 36.5 Å². The van der Waals surface area contributed by atoms with Gasteiger partial charge < -0.3 is 16.1 Å². The van der Waals surface area contributed by atoms with Gasteiger partial charge in [0.05, 0.1) is 16.7 Å². The molecule has 1 saturated carbocycles. The highest BCUT2D eigenvalue weighted by Gasteiger charge is 2.22. The maximum absolute atomic E-state index is 12.3. The van der Waals surface area contributed by atoms with Crippen LogP contribution in [0.3, 0.4) is 0 Å². The molecule has 0 spiro atoms. The van der Waals surface area contributed by atoms with E-state index < -0.39 is 11.0 Å². The van der Waals surface area contributed by atoms with Crippen LogP contribution < -0.4 is 15.4 Å². The fraction of sp³-hybridized carbons (Fsp3) is 0.429. The highest BCUT2D eigenvalue weighted by Crippen LogP contribution is 2.24. The quantitative estimate of drug-likeness (QED) is 0.571. The first-order valence-corrected chi connectivity index (χ1v) is 11.6. The number of carbonyl (C=O) groups excluding carboxylic acids is 1. The van der Waals surface area contributed by atoms with Crippen LogP contribution in [0.4, 0.5) is 4.79 Å². The van der Waals surface area contributed by atoms with Crippen LogP contribution >= 0.6 is 11.6 Å². The zero-order valence-corrected chi connectivity index (χ0v) is 18.3. The molecule has 0 aliphatic heterocycles. The van der Waals surface area contributed by atoms with Gasteiger partial charge in [0.1, 0.15) is 0 Å². The van der Waals surface area contributed by atoms with Crippen molar-refractivity contribution in [2.45, 2.75) is 44.0 Å². The van der Waals surface area contributed by atoms with Crippen LogP contribution in [-0.4, -0.2) is 33.3 Å². The molecule has 1 aromatic carbocycles. The first-order chi connectivity index (χ1) is 14.1. The minimum Gasteiger partial charge on any atom is -0.412 e. The number of hydrogen-bond donors (Lipinski definition) is 3. The SMILES string of the molecule is O.O=C(NCc1cccnc1)NC1CCC(CNS(=O)Cc2ccccc2Cl)CC1. The number of carbonyl (C=O) groups is 1. The van der Waals surface area contributed by atoms with E-state index in [1.165, 1.54) is 0 Å². The molecule has 0 saturated heterocycles. The van der Waals surface area contributed by atoms with Crippen molar-refractivity contribution in [2.24, 2.45) is 5.92 Å². The van der Waals surface area contributed by atoms with Crippen LogP contribution in [0, 0.1) is 5.92 Å². The standard InChI is InChI=1S/C21H27ClN4O2S.H2O/c22-20-6-2-1-5-18(20)15-29(28)25-14-16-7-9-19(10-8-16)26-21(27)24-13-17-4-3-11-23-12-17;/h1-6,11-12,16,19,25H,7-10,13-15H2,(H2,24,26,27);1H2. The number of nitrogens with zero attached hydrogens (tertiary/aromatic N) is 1. The van der Waals surface area contributed by atoms with Crippen molar-refractivity contribution in [2.75, 3.05) is 6.54 Å². The van der Waals surface area contributed by atoms with Crippen molar-refractivity contribution < 1.29 is 14.5 Å². The average Bonchev–Trinajstić information content (AvgIpc) is 2.74. The molecule has 1 aromatic heterocycles. The van der Waals surface area contributed by atoms with Crippen LogP contribution in [0.25, 0.3) is 0 Å². The summed E-state index contributed by atoms with van der Waals surface area (Å²) in [5.41, 5.74) is 1.87. The van der Waals surface area contributed by atoms with Crippen molar-refractivity contribution in [3.63, 3.8) is 0 Å². The maximum atomic E-state index is 12.3. The number of benzene rings is 1. The molecule has 9 heteroatoms. The third kappa shape index (κ3) is 8.02. The van der Waals surface area contributed by atoms with Crippen LogP contribution in [0.1, 0.15) is 36.8 Å². The van der Waals surface area contributed by atoms with Gasteiger partial charge in [0.25, 0.3) is 0 Å². The summed E-state index contributed by atoms with van der Waals surface area (Å²) in [4.78, 5) is 16.1. The van der Waals surface area contributed by atoms with Crippen LogP contribution in [0.2, 0.25) is 5.02 Å². The Bertz CT molecular complexity index is 817. The minimum absolute atomic E-state index is 0. The van der Waals surface area contributed by atoms with E-state index in [9.17, 15) is 9.00 Å². The number of halogens is 1. The second-order valence-corrected chi connectivity index (χ2v) is 9.01. The topological polar surface area (TPSA) is 115 Å². The first-order valence-electron chi connectivity index (χ1n) is 9.88. The normalized spacial score (nSPS) is 19.4. The minimum atomic E-state index is -1.14. The smallest absolute Gasteiger partial charge is 0.315 e. The van der Waals surface area contributed by atoms with Gasteiger partial charge in [-0.3, -0.25) is 4.98 Å². The van der Waals surface area contributed by atoms with Gasteiger partial charge in [-0.2, -0.15) is 0 Å². The van der Waals surface area contributed by atoms with E-state index in [1.807, 2.05) is 36.4 Å². The Hall–Kier alpha value is -2.00. The molecule has 1 aliphatic rings. The van der Waals surface area contributed by atoms with E-state index in [0.29, 0.717) is 23.2 Å². The molecule has 0 bridgehead atoms. The Morgan fingerprint density at radius 3 is 2.60 bits per heavy atom. The van der Waals surface area contributed by atoms with E-state index in [-0.39, 0.29) is 17.5 Å². The van der Waals surface area contributed by atoms with Gasteiger partial charge >= 0.3 is 6.03 Å². The lowest BCUT2D eigenvalue weighted by Gasteiger charge is -2.29. The highest BCUT2D eigenvalue weighted by atomic mass is 35.5. The summed E-state index contributed by atoms with van der Waals surface area (Å²) in [7, 11) is -1.14. The van der Waals surface area contributed by atoms with Gasteiger partial charge in [0.15, 0.2) is 0 Å². The lowest BCUT2D eigenvalue weighted by atomic mass is 9.86. The number of aromatic nitrogens is 1. The first kappa shape index (κ1) is 24.3. The van der Waals surface area contributed by atoms with E-state index in [2.05, 4.69) is 20.3 Å². The molecular formula is C21H29ClN4O3S. The van der Waals surface area contributed by atoms with Crippen LogP contribution in [-0.2, 0) is 23.3 Å². The fourth-order valence-corrected chi connectivity index (χ4v) is 4.79. The molecule has 1 aliphatic carbocycles. The number of nitrogens with one attached hydrogen (secondary N) is 3. The van der Waals surface area contributed by atoms with Crippen LogP contribution in [0.5, 0.6) is 0 Å². The molecule has 0 radical (unpaired) electrons. The third-order valence-electron chi connectivity index (χ3n) is 5.14. The molecule has 3 rings (SSSR count). The molecule has 30 heavy (non-hydrogen) atoms. The fourth-order valence-electron chi connectivity index (χ4n) is 3.45. The molecule has 2 amide bonds. The van der Waals surface area contributed by atoms with Crippen molar-refractivity contribution in [3.05, 3.63) is 64.9 Å². The van der Waals surface area contributed by atoms with Gasteiger partial charge in [-0.25, -0.2) is 13.7 Å². The zero-order valence-electron chi connectivity index (χ0n) is 16.8. The van der Waals surface area contributed by atoms with E-state index >= 15 is 0 Å². The molecule has 5 N–H and O–H groups in total. The molecular weight excluding hydrogens is 424 g/mol. The second-order valence-electron chi connectivity index (χ2n) is 7.34. The van der Waals surface area contributed by atoms with Gasteiger partial charge in [-0.05, 0) is 54.9 Å². The van der Waals surface area contributed by atoms with Gasteiger partial charge in [-0.1, -0.05) is 35.9 Å². The van der Waals surface area contributed by atoms with Crippen molar-refractivity contribution in [3.8, 4) is 0 Å². The highest BCUT2D eigenvalue weighted by molar-refractivity contribution is 7.82. The monoisotopic (exact) mass is 452 g/mol. The number of urea groups is 1. The molecule has 7 nitrogen and oxygen atoms in total. The van der Waals surface area contributed by atoms with Crippen LogP contribution in [0.15, 0.2) is 48.8 Å². The Balaban J connectivity index is 0.00000320. The lowest BCUT2D eigenvalue weighted by Crippen LogP contribution is -2.44. The summed E-state index contributed by atoms with van der Waals surface area (Å²) in [6, 6.07) is 11.3. The Morgan fingerprint density at radius 1 is 1.13 bits per heavy atom. The molecule has 2 aromatic rings. The number of hydrogen-bond acceptors (Lipinski definition) is 3. The summed E-state index contributed by atoms with van der Waals surface area (Å²) in [6.45, 7) is 1.19. The predicted molar refractivity (Wildman–Crippen MR) is 120 cm³/mol. The average molecular weight is 453 g/mol. The summed E-state index contributed by atoms with van der Waals surface area (Å²) < 4.78 is 15.4. The molecule has 1 unspecified atom stereocenters. The van der Waals surface area contributed by atoms with E-state index in [4.69, 9.17) is 11.6 Å².